The first-order chi connectivity index (χ1) is 6.45. The quantitative estimate of drug-likeness (QED) is 0.325. The summed E-state index contributed by atoms with van der Waals surface area (Å²) >= 11 is 0. The van der Waals surface area contributed by atoms with E-state index >= 15 is 0 Å². The summed E-state index contributed by atoms with van der Waals surface area (Å²) in [7, 11) is 0. The molecule has 0 aliphatic rings. The van der Waals surface area contributed by atoms with Gasteiger partial charge in [-0.05, 0) is 6.07 Å². The number of nitrogens with two attached hydrogens (primary N) is 1. The van der Waals surface area contributed by atoms with Crippen molar-refractivity contribution in [2.75, 3.05) is 0 Å². The summed E-state index contributed by atoms with van der Waals surface area (Å²) in [6.07, 6.45) is 0. The molecule has 0 aliphatic heterocycles. The number of nitrogens with zero attached hydrogens (tertiary/aromatic N) is 1. The van der Waals surface area contributed by atoms with Gasteiger partial charge in [0.05, 0.1) is 10.5 Å². The van der Waals surface area contributed by atoms with Crippen molar-refractivity contribution in [1.82, 2.24) is 0 Å². The summed E-state index contributed by atoms with van der Waals surface area (Å²) in [4.78, 5) is 9.23. The maximum atomic E-state index is 13.1. The highest BCUT2D eigenvalue weighted by Gasteiger charge is 2.22. The first-order valence-electron chi connectivity index (χ1n) is 3.42. The Kier molecular flexibility index (Phi) is 2.41. The minimum Gasteiger partial charge on any atom is -0.384 e. The lowest BCUT2D eigenvalue weighted by atomic mass is 10.1. The average molecular weight is 201 g/mol. The Labute approximate surface area is 76.8 Å². The molecule has 0 unspecified atom stereocenters. The van der Waals surface area contributed by atoms with Gasteiger partial charge in [-0.2, -0.15) is 4.39 Å². The molecule has 7 heteroatoms. The Balaban J connectivity index is 3.49. The molecule has 0 aromatic heterocycles. The molecular formula is C7H5F2N3O2. The molecule has 0 bridgehead atoms. The summed E-state index contributed by atoms with van der Waals surface area (Å²) in [5.74, 6) is -3.41. The van der Waals surface area contributed by atoms with Gasteiger partial charge in [-0.15, -0.1) is 0 Å². The molecule has 0 amide bonds. The minimum atomic E-state index is -1.43. The van der Waals surface area contributed by atoms with Gasteiger partial charge in [-0.25, -0.2) is 4.39 Å². The van der Waals surface area contributed by atoms with Crippen molar-refractivity contribution >= 4 is 11.5 Å². The van der Waals surface area contributed by atoms with Crippen LogP contribution in [0.3, 0.4) is 0 Å². The summed E-state index contributed by atoms with van der Waals surface area (Å²) < 4.78 is 26.0. The van der Waals surface area contributed by atoms with E-state index in [0.29, 0.717) is 12.1 Å². The number of benzene rings is 1. The normalized spacial score (nSPS) is 9.86. The van der Waals surface area contributed by atoms with Gasteiger partial charge in [0.15, 0.2) is 0 Å². The molecule has 1 aromatic carbocycles. The van der Waals surface area contributed by atoms with Crippen LogP contribution in [0.1, 0.15) is 5.56 Å². The minimum absolute atomic E-state index is 0.678. The van der Waals surface area contributed by atoms with Crippen LogP contribution in [0.15, 0.2) is 12.1 Å². The number of nitrogens with one attached hydrogen (secondary N) is 1. The SMILES string of the molecule is N=C(N)c1c(F)ccc([N+](=O)[O-])c1F. The predicted octanol–water partition coefficient (Wildman–Crippen LogP) is 1.16. The number of rotatable bonds is 2. The molecule has 1 aromatic rings. The topological polar surface area (TPSA) is 93.0 Å². The fourth-order valence-corrected chi connectivity index (χ4v) is 0.929. The van der Waals surface area contributed by atoms with Crippen LogP contribution in [0.2, 0.25) is 0 Å². The van der Waals surface area contributed by atoms with Gasteiger partial charge in [0.2, 0.25) is 5.82 Å². The smallest absolute Gasteiger partial charge is 0.305 e. The van der Waals surface area contributed by atoms with Crippen molar-refractivity contribution in [1.29, 1.82) is 5.41 Å². The molecule has 0 radical (unpaired) electrons. The molecule has 0 aliphatic carbocycles. The lowest BCUT2D eigenvalue weighted by molar-refractivity contribution is -0.387. The Morgan fingerprint density at radius 2 is 2.07 bits per heavy atom. The number of nitrogen functional groups attached to an aromatic ring is 1. The highest BCUT2D eigenvalue weighted by Crippen LogP contribution is 2.22. The van der Waals surface area contributed by atoms with E-state index in [-0.39, 0.29) is 0 Å². The van der Waals surface area contributed by atoms with Gasteiger partial charge in [-0.3, -0.25) is 15.5 Å². The lowest BCUT2D eigenvalue weighted by Crippen LogP contribution is -2.16. The molecule has 5 nitrogen and oxygen atoms in total. The van der Waals surface area contributed by atoms with Gasteiger partial charge >= 0.3 is 5.69 Å². The van der Waals surface area contributed by atoms with E-state index in [2.05, 4.69) is 0 Å². The van der Waals surface area contributed by atoms with Crippen LogP contribution in [0.25, 0.3) is 0 Å². The van der Waals surface area contributed by atoms with Crippen molar-refractivity contribution < 1.29 is 13.7 Å². The van der Waals surface area contributed by atoms with Crippen molar-refractivity contribution in [2.45, 2.75) is 0 Å². The van der Waals surface area contributed by atoms with Crippen LogP contribution in [-0.4, -0.2) is 10.8 Å². The second-order valence-corrected chi connectivity index (χ2v) is 2.43. The third kappa shape index (κ3) is 1.51. The Morgan fingerprint density at radius 1 is 1.50 bits per heavy atom. The largest absolute Gasteiger partial charge is 0.384 e. The summed E-state index contributed by atoms with van der Waals surface area (Å²) in [6, 6.07) is 1.37. The number of amidine groups is 1. The maximum Gasteiger partial charge on any atom is 0.305 e. The second-order valence-electron chi connectivity index (χ2n) is 2.43. The van der Waals surface area contributed by atoms with E-state index < -0.39 is 33.6 Å². The molecule has 0 spiro atoms. The first kappa shape index (κ1) is 10.0. The van der Waals surface area contributed by atoms with Gasteiger partial charge in [-0.1, -0.05) is 0 Å². The van der Waals surface area contributed by atoms with Crippen LogP contribution in [-0.2, 0) is 0 Å². The van der Waals surface area contributed by atoms with E-state index in [9.17, 15) is 18.9 Å². The summed E-state index contributed by atoms with van der Waals surface area (Å²) in [5.41, 5.74) is 3.08. The van der Waals surface area contributed by atoms with E-state index in [1.165, 1.54) is 0 Å². The van der Waals surface area contributed by atoms with Crippen LogP contribution in [0.4, 0.5) is 14.5 Å². The molecule has 0 saturated carbocycles. The standard InChI is InChI=1S/C7H5F2N3O2/c8-3-1-2-4(12(13)14)6(9)5(3)7(10)11/h1-2H,(H3,10,11). The van der Waals surface area contributed by atoms with Crippen LogP contribution in [0, 0.1) is 27.2 Å². The van der Waals surface area contributed by atoms with Crippen molar-refractivity contribution in [2.24, 2.45) is 5.73 Å². The van der Waals surface area contributed by atoms with Gasteiger partial charge in [0, 0.05) is 6.07 Å². The van der Waals surface area contributed by atoms with Crippen molar-refractivity contribution in [3.05, 3.63) is 39.4 Å². The molecule has 0 heterocycles. The molecule has 74 valence electrons. The van der Waals surface area contributed by atoms with E-state index in [4.69, 9.17) is 11.1 Å². The zero-order valence-electron chi connectivity index (χ0n) is 6.75. The summed E-state index contributed by atoms with van der Waals surface area (Å²) in [6.45, 7) is 0. The Hall–Kier alpha value is -2.05. The average Bonchev–Trinajstić information content (AvgIpc) is 2.02. The van der Waals surface area contributed by atoms with E-state index in [0.717, 1.165) is 0 Å². The van der Waals surface area contributed by atoms with Crippen LogP contribution in [0.5, 0.6) is 0 Å². The molecule has 1 rings (SSSR count). The van der Waals surface area contributed by atoms with E-state index in [1.807, 2.05) is 0 Å². The second kappa shape index (κ2) is 3.36. The molecule has 0 fully saturated rings. The van der Waals surface area contributed by atoms with Crippen molar-refractivity contribution in [3.8, 4) is 0 Å². The molecule has 0 atom stereocenters. The predicted molar refractivity (Wildman–Crippen MR) is 44.0 cm³/mol. The zero-order chi connectivity index (χ0) is 10.9. The lowest BCUT2D eigenvalue weighted by Gasteiger charge is -2.02. The van der Waals surface area contributed by atoms with Crippen LogP contribution >= 0.6 is 0 Å². The Morgan fingerprint density at radius 3 is 2.50 bits per heavy atom. The fourth-order valence-electron chi connectivity index (χ4n) is 0.929. The molecule has 3 N–H and O–H groups in total. The maximum absolute atomic E-state index is 13.1. The fraction of sp³-hybridized carbons (Fsp3) is 0. The highest BCUT2D eigenvalue weighted by atomic mass is 19.1. The van der Waals surface area contributed by atoms with Gasteiger partial charge in [0.1, 0.15) is 11.7 Å². The Bertz CT molecular complexity index is 420. The monoisotopic (exact) mass is 201 g/mol. The third-order valence-electron chi connectivity index (χ3n) is 1.54. The van der Waals surface area contributed by atoms with Crippen molar-refractivity contribution in [3.63, 3.8) is 0 Å². The van der Waals surface area contributed by atoms with Crippen LogP contribution < -0.4 is 5.73 Å². The molecule has 0 saturated heterocycles. The third-order valence-corrected chi connectivity index (χ3v) is 1.54. The first-order valence-corrected chi connectivity index (χ1v) is 3.42. The number of nitro groups is 1. The van der Waals surface area contributed by atoms with Gasteiger partial charge in [0.25, 0.3) is 0 Å². The van der Waals surface area contributed by atoms with Gasteiger partial charge < -0.3 is 5.73 Å². The van der Waals surface area contributed by atoms with E-state index in [1.54, 1.807) is 0 Å². The summed E-state index contributed by atoms with van der Waals surface area (Å²) in [5, 5.41) is 17.1. The number of nitro benzene ring substituents is 1. The highest BCUT2D eigenvalue weighted by molar-refractivity contribution is 5.96. The number of halogens is 2. The zero-order valence-corrected chi connectivity index (χ0v) is 6.75. The number of hydrogen-bond acceptors (Lipinski definition) is 3. The molecular weight excluding hydrogens is 196 g/mol. The molecule has 14 heavy (non-hydrogen) atoms. The number of hydrogen-bond donors (Lipinski definition) is 2.